The molecule has 1 aromatic carbocycles. The van der Waals surface area contributed by atoms with Crippen LogP contribution >= 0.6 is 23.2 Å². The van der Waals surface area contributed by atoms with Crippen LogP contribution in [0, 0.1) is 6.92 Å². The van der Waals surface area contributed by atoms with Crippen LogP contribution in [0.5, 0.6) is 11.5 Å². The molecule has 0 atom stereocenters. The number of amides is 1. The second-order valence-electron chi connectivity index (χ2n) is 5.58. The predicted molar refractivity (Wildman–Crippen MR) is 104 cm³/mol. The van der Waals surface area contributed by atoms with Crippen molar-refractivity contribution in [1.82, 2.24) is 10.3 Å². The summed E-state index contributed by atoms with van der Waals surface area (Å²) in [4.78, 5) is 16.3. The van der Waals surface area contributed by atoms with Crippen LogP contribution in [0.3, 0.4) is 0 Å². The summed E-state index contributed by atoms with van der Waals surface area (Å²) >= 11 is 11.9. The third-order valence-corrected chi connectivity index (χ3v) is 4.14. The summed E-state index contributed by atoms with van der Waals surface area (Å²) in [7, 11) is 0. The quantitative estimate of drug-likeness (QED) is 0.668. The van der Waals surface area contributed by atoms with Crippen molar-refractivity contribution in [2.45, 2.75) is 27.2 Å². The van der Waals surface area contributed by atoms with Crippen LogP contribution in [0.2, 0.25) is 10.3 Å². The first-order valence-electron chi connectivity index (χ1n) is 8.45. The van der Waals surface area contributed by atoms with Crippen LogP contribution in [-0.2, 0) is 6.42 Å². The van der Waals surface area contributed by atoms with E-state index in [2.05, 4.69) is 10.3 Å². The van der Waals surface area contributed by atoms with Gasteiger partial charge >= 0.3 is 0 Å². The second kappa shape index (κ2) is 9.64. The van der Waals surface area contributed by atoms with Crippen molar-refractivity contribution in [3.8, 4) is 11.5 Å². The fourth-order valence-corrected chi connectivity index (χ4v) is 3.15. The molecule has 26 heavy (non-hydrogen) atoms. The summed E-state index contributed by atoms with van der Waals surface area (Å²) in [6, 6.07) is 7.39. The van der Waals surface area contributed by atoms with Crippen LogP contribution < -0.4 is 14.8 Å². The van der Waals surface area contributed by atoms with Crippen LogP contribution in [0.15, 0.2) is 24.3 Å². The normalized spacial score (nSPS) is 10.5. The molecular formula is C19H22Cl2N2O3. The molecule has 1 heterocycles. The number of aromatic nitrogens is 1. The van der Waals surface area contributed by atoms with Crippen molar-refractivity contribution >= 4 is 29.1 Å². The van der Waals surface area contributed by atoms with Crippen molar-refractivity contribution in [2.75, 3.05) is 19.8 Å². The van der Waals surface area contributed by atoms with Gasteiger partial charge in [-0.3, -0.25) is 4.79 Å². The highest BCUT2D eigenvalue weighted by atomic mass is 35.5. The Labute approximate surface area is 163 Å². The minimum atomic E-state index is -0.271. The maximum absolute atomic E-state index is 12.4. The smallest absolute Gasteiger partial charge is 0.254 e. The maximum atomic E-state index is 12.4. The first-order valence-corrected chi connectivity index (χ1v) is 9.21. The number of carbonyl (C=O) groups is 1. The number of aryl methyl sites for hydroxylation is 1. The summed E-state index contributed by atoms with van der Waals surface area (Å²) in [6.45, 7) is 7.21. The Morgan fingerprint density at radius 2 is 1.81 bits per heavy atom. The molecule has 0 aliphatic carbocycles. The minimum Gasteiger partial charge on any atom is -0.490 e. The number of nitrogens with one attached hydrogen (secondary N) is 1. The minimum absolute atomic E-state index is 0.104. The Kier molecular flexibility index (Phi) is 7.54. The van der Waals surface area contributed by atoms with E-state index >= 15 is 0 Å². The van der Waals surface area contributed by atoms with Crippen LogP contribution in [-0.4, -0.2) is 30.6 Å². The van der Waals surface area contributed by atoms with Gasteiger partial charge in [0.15, 0.2) is 11.5 Å². The van der Waals surface area contributed by atoms with E-state index in [0.717, 1.165) is 11.3 Å². The van der Waals surface area contributed by atoms with Crippen molar-refractivity contribution in [3.05, 3.63) is 51.3 Å². The monoisotopic (exact) mass is 396 g/mol. The highest BCUT2D eigenvalue weighted by Gasteiger charge is 2.15. The van der Waals surface area contributed by atoms with Crippen molar-refractivity contribution in [2.24, 2.45) is 0 Å². The zero-order valence-electron chi connectivity index (χ0n) is 15.1. The molecule has 0 radical (unpaired) electrons. The zero-order valence-corrected chi connectivity index (χ0v) is 16.6. The number of benzene rings is 1. The molecule has 140 valence electrons. The Morgan fingerprint density at radius 3 is 2.46 bits per heavy atom. The second-order valence-corrected chi connectivity index (χ2v) is 6.33. The van der Waals surface area contributed by atoms with Gasteiger partial charge in [-0.25, -0.2) is 4.98 Å². The van der Waals surface area contributed by atoms with E-state index in [9.17, 15) is 4.79 Å². The largest absolute Gasteiger partial charge is 0.490 e. The molecule has 1 aromatic heterocycles. The number of hydrogen-bond donors (Lipinski definition) is 1. The van der Waals surface area contributed by atoms with E-state index in [1.807, 2.05) is 32.0 Å². The summed E-state index contributed by atoms with van der Waals surface area (Å²) in [5, 5.41) is 3.23. The lowest BCUT2D eigenvalue weighted by atomic mass is 10.1. The number of hydrogen-bond acceptors (Lipinski definition) is 4. The van der Waals surface area contributed by atoms with Gasteiger partial charge in [0.2, 0.25) is 0 Å². The molecule has 0 aliphatic rings. The lowest BCUT2D eigenvalue weighted by Gasteiger charge is -2.13. The molecular weight excluding hydrogens is 375 g/mol. The number of rotatable bonds is 8. The van der Waals surface area contributed by atoms with Gasteiger partial charge in [0.1, 0.15) is 10.3 Å². The molecule has 2 rings (SSSR count). The molecule has 0 saturated carbocycles. The molecule has 1 amide bonds. The van der Waals surface area contributed by atoms with Crippen molar-refractivity contribution < 1.29 is 14.3 Å². The highest BCUT2D eigenvalue weighted by Crippen LogP contribution is 2.28. The average molecular weight is 397 g/mol. The Morgan fingerprint density at radius 1 is 1.12 bits per heavy atom. The van der Waals surface area contributed by atoms with E-state index in [4.69, 9.17) is 32.7 Å². The lowest BCUT2D eigenvalue weighted by molar-refractivity contribution is 0.0953. The topological polar surface area (TPSA) is 60.5 Å². The highest BCUT2D eigenvalue weighted by molar-refractivity contribution is 6.34. The average Bonchev–Trinajstić information content (AvgIpc) is 2.56. The third kappa shape index (κ3) is 5.26. The van der Waals surface area contributed by atoms with Gasteiger partial charge in [-0.2, -0.15) is 0 Å². The van der Waals surface area contributed by atoms with Gasteiger partial charge in [-0.05, 0) is 56.5 Å². The number of halogens is 2. The molecule has 0 fully saturated rings. The third-order valence-electron chi connectivity index (χ3n) is 3.68. The molecule has 2 aromatic rings. The lowest BCUT2D eigenvalue weighted by Crippen LogP contribution is -2.27. The molecule has 5 nitrogen and oxygen atoms in total. The zero-order chi connectivity index (χ0) is 19.1. The van der Waals surface area contributed by atoms with E-state index in [1.165, 1.54) is 0 Å². The number of carbonyl (C=O) groups excluding carboxylic acids is 1. The van der Waals surface area contributed by atoms with Crippen LogP contribution in [0.25, 0.3) is 0 Å². The SMILES string of the molecule is CCOc1ccc(CCNC(=O)c2c(C)cc(Cl)nc2Cl)cc1OCC. The Balaban J connectivity index is 2.01. The molecule has 0 spiro atoms. The molecule has 7 heteroatoms. The van der Waals surface area contributed by atoms with Gasteiger partial charge in [-0.15, -0.1) is 0 Å². The van der Waals surface area contributed by atoms with E-state index < -0.39 is 0 Å². The van der Waals surface area contributed by atoms with Crippen molar-refractivity contribution in [1.29, 1.82) is 0 Å². The standard InChI is InChI=1S/C19H22Cl2N2O3/c1-4-25-14-7-6-13(11-15(14)26-5-2)8-9-22-19(24)17-12(3)10-16(20)23-18(17)21/h6-7,10-11H,4-5,8-9H2,1-3H3,(H,22,24). The molecule has 0 unspecified atom stereocenters. The summed E-state index contributed by atoms with van der Waals surface area (Å²) in [5.74, 6) is 1.16. The molecule has 1 N–H and O–H groups in total. The fraction of sp³-hybridized carbons (Fsp3) is 0.368. The number of pyridine rings is 1. The molecule has 0 bridgehead atoms. The first-order chi connectivity index (χ1) is 12.5. The Hall–Kier alpha value is -1.98. The first kappa shape index (κ1) is 20.3. The summed E-state index contributed by atoms with van der Waals surface area (Å²) < 4.78 is 11.2. The molecule has 0 aliphatic heterocycles. The van der Waals surface area contributed by atoms with Gasteiger partial charge in [-0.1, -0.05) is 29.3 Å². The summed E-state index contributed by atoms with van der Waals surface area (Å²) in [6.07, 6.45) is 0.649. The molecule has 0 saturated heterocycles. The predicted octanol–water partition coefficient (Wildman–Crippen LogP) is 4.47. The maximum Gasteiger partial charge on any atom is 0.254 e. The van der Waals surface area contributed by atoms with E-state index in [-0.39, 0.29) is 16.2 Å². The summed E-state index contributed by atoms with van der Waals surface area (Å²) in [5.41, 5.74) is 2.07. The van der Waals surface area contributed by atoms with Crippen LogP contribution in [0.1, 0.15) is 35.3 Å². The van der Waals surface area contributed by atoms with Gasteiger partial charge in [0.05, 0.1) is 18.8 Å². The van der Waals surface area contributed by atoms with Gasteiger partial charge in [0, 0.05) is 6.54 Å². The Bertz CT molecular complexity index is 758. The van der Waals surface area contributed by atoms with Gasteiger partial charge in [0.25, 0.3) is 5.91 Å². The number of ether oxygens (including phenoxy) is 2. The van der Waals surface area contributed by atoms with Crippen LogP contribution in [0.4, 0.5) is 0 Å². The van der Waals surface area contributed by atoms with Crippen molar-refractivity contribution in [3.63, 3.8) is 0 Å². The fourth-order valence-electron chi connectivity index (χ4n) is 2.53. The van der Waals surface area contributed by atoms with E-state index in [0.29, 0.717) is 43.1 Å². The van der Waals surface area contributed by atoms with E-state index in [1.54, 1.807) is 13.0 Å². The number of nitrogens with zero attached hydrogens (tertiary/aromatic N) is 1. The van der Waals surface area contributed by atoms with Gasteiger partial charge < -0.3 is 14.8 Å².